The predicted octanol–water partition coefficient (Wildman–Crippen LogP) is 4.55. The number of rotatable bonds is 11. The molecule has 3 saturated heterocycles. The lowest BCUT2D eigenvalue weighted by molar-refractivity contribution is -0.140. The van der Waals surface area contributed by atoms with Gasteiger partial charge in [-0.3, -0.25) is 19.2 Å². The van der Waals surface area contributed by atoms with E-state index in [0.29, 0.717) is 67.9 Å². The highest BCUT2D eigenvalue weighted by Crippen LogP contribution is 2.38. The third-order valence-corrected chi connectivity index (χ3v) is 11.0. The van der Waals surface area contributed by atoms with E-state index in [1.165, 1.54) is 17.3 Å². The molecule has 0 aliphatic carbocycles. The molecule has 5 rings (SSSR count). The molecular formula is C39H56N8O6. The van der Waals surface area contributed by atoms with Crippen LogP contribution in [-0.2, 0) is 23.9 Å². The molecule has 0 bridgehead atoms. The van der Waals surface area contributed by atoms with Gasteiger partial charge in [-0.25, -0.2) is 4.79 Å². The first-order valence-corrected chi connectivity index (χ1v) is 18.8. The summed E-state index contributed by atoms with van der Waals surface area (Å²) >= 11 is 0. The molecule has 2 aromatic carbocycles. The molecule has 8 N–H and O–H groups in total. The lowest BCUT2D eigenvalue weighted by atomic mass is 9.96. The number of anilines is 4. The largest absolute Gasteiger partial charge is 0.453 e. The van der Waals surface area contributed by atoms with Crippen molar-refractivity contribution in [1.82, 2.24) is 20.4 Å². The van der Waals surface area contributed by atoms with E-state index in [-0.39, 0.29) is 53.5 Å². The van der Waals surface area contributed by atoms with Crippen LogP contribution in [0.5, 0.6) is 0 Å². The van der Waals surface area contributed by atoms with E-state index in [4.69, 9.17) is 12.9 Å². The number of likely N-dealkylation sites (tertiary alicyclic amines) is 2. The number of nitrogens with zero attached hydrogens (tertiary/aromatic N) is 2. The zero-order valence-electron chi connectivity index (χ0n) is 32.7. The first-order chi connectivity index (χ1) is 25.6. The molecule has 3 aliphatic heterocycles. The Morgan fingerprint density at radius 2 is 1.23 bits per heavy atom. The highest BCUT2D eigenvalue weighted by atomic mass is 16.5. The summed E-state index contributed by atoms with van der Waals surface area (Å²) in [5.41, 5.74) is 16.2. The number of nitrogen functional groups attached to an aromatic ring is 2. The molecule has 5 amide bonds. The molecular weight excluding hydrogens is 676 g/mol. The number of methoxy groups -OCH3 is 1. The van der Waals surface area contributed by atoms with Gasteiger partial charge in [-0.1, -0.05) is 46.8 Å². The highest BCUT2D eigenvalue weighted by molar-refractivity contribution is 6.01. The summed E-state index contributed by atoms with van der Waals surface area (Å²) in [4.78, 5) is 68.3. The van der Waals surface area contributed by atoms with E-state index in [0.717, 1.165) is 17.5 Å². The molecule has 3 aliphatic rings. The van der Waals surface area contributed by atoms with Crippen LogP contribution < -0.4 is 32.7 Å². The van der Waals surface area contributed by atoms with Crippen LogP contribution in [0.15, 0.2) is 36.4 Å². The third-order valence-electron chi connectivity index (χ3n) is 11.0. The Kier molecular flexibility index (Phi) is 12.1. The topological polar surface area (TPSA) is 201 Å². The van der Waals surface area contributed by atoms with Crippen LogP contribution >= 0.6 is 0 Å². The Bertz CT molecular complexity index is 1740. The first-order valence-electron chi connectivity index (χ1n) is 19.2. The summed E-state index contributed by atoms with van der Waals surface area (Å²) in [6, 6.07) is 8.15. The van der Waals surface area contributed by atoms with Crippen molar-refractivity contribution in [1.29, 1.82) is 0 Å². The van der Waals surface area contributed by atoms with Gasteiger partial charge >= 0.3 is 6.09 Å². The molecule has 6 atom stereocenters. The first kappa shape index (κ1) is 37.9. The Labute approximate surface area is 313 Å². The van der Waals surface area contributed by atoms with Gasteiger partial charge in [-0.05, 0) is 85.8 Å². The third kappa shape index (κ3) is 8.86. The number of alkyl carbamates (subject to hydrolysis) is 1. The molecule has 2 aromatic rings. The van der Waals surface area contributed by atoms with Crippen LogP contribution in [0.2, 0.25) is 1.41 Å². The average Bonchev–Trinajstić information content (AvgIpc) is 3.91. The summed E-state index contributed by atoms with van der Waals surface area (Å²) in [5.74, 6) is -1.17. The molecule has 53 heavy (non-hydrogen) atoms. The minimum Gasteiger partial charge on any atom is -0.453 e. The zero-order chi connectivity index (χ0) is 39.4. The van der Waals surface area contributed by atoms with E-state index in [1.54, 1.807) is 29.2 Å². The van der Waals surface area contributed by atoms with Crippen LogP contribution in [0.3, 0.4) is 0 Å². The number of nitrogens with two attached hydrogens (primary N) is 2. The monoisotopic (exact) mass is 733 g/mol. The lowest BCUT2D eigenvalue weighted by Gasteiger charge is -2.30. The fraction of sp³-hybridized carbons (Fsp3) is 0.564. The van der Waals surface area contributed by atoms with Gasteiger partial charge in [-0.2, -0.15) is 0 Å². The number of hydrogen-bond donors (Lipinski definition) is 6. The molecule has 0 saturated carbocycles. The Balaban J connectivity index is 1.21. The zero-order valence-corrected chi connectivity index (χ0v) is 31.7. The van der Waals surface area contributed by atoms with Crippen molar-refractivity contribution in [2.45, 2.75) is 103 Å². The van der Waals surface area contributed by atoms with Crippen molar-refractivity contribution in [2.75, 3.05) is 42.3 Å². The van der Waals surface area contributed by atoms with E-state index in [1.807, 2.05) is 46.8 Å². The maximum atomic E-state index is 13.5. The predicted molar refractivity (Wildman–Crippen MR) is 204 cm³/mol. The SMILES string of the molecule is [2H]N1C(c2ccc(NC(=O)C3CCCN3C(=O)C(C)C(C)C)c(N)c2)CCC1c1ccc(NC(=O)C2CCCN2C(=O)C(NC(=O)OC)C(C)C)c(N)c1. The van der Waals surface area contributed by atoms with Gasteiger partial charge in [0.2, 0.25) is 23.6 Å². The van der Waals surface area contributed by atoms with Gasteiger partial charge in [0.15, 0.2) is 0 Å². The van der Waals surface area contributed by atoms with E-state index in [9.17, 15) is 24.0 Å². The van der Waals surface area contributed by atoms with E-state index in [2.05, 4.69) is 20.7 Å². The van der Waals surface area contributed by atoms with Crippen LogP contribution in [0, 0.1) is 17.8 Å². The number of nitrogens with one attached hydrogen (secondary N) is 4. The summed E-state index contributed by atoms with van der Waals surface area (Å²) in [5, 5.41) is 9.95. The minimum atomic E-state index is -0.835. The second-order valence-electron chi connectivity index (χ2n) is 15.2. The van der Waals surface area contributed by atoms with Gasteiger partial charge in [-0.15, -0.1) is 0 Å². The number of carbonyl (C=O) groups is 5. The van der Waals surface area contributed by atoms with Gasteiger partial charge in [0.25, 0.3) is 0 Å². The van der Waals surface area contributed by atoms with Crippen molar-refractivity contribution >= 4 is 52.5 Å². The highest BCUT2D eigenvalue weighted by Gasteiger charge is 2.40. The molecule has 0 aromatic heterocycles. The molecule has 14 heteroatoms. The molecule has 0 radical (unpaired) electrons. The quantitative estimate of drug-likeness (QED) is 0.179. The van der Waals surface area contributed by atoms with Crippen LogP contribution in [-0.4, -0.2) is 77.8 Å². The van der Waals surface area contributed by atoms with Crippen LogP contribution in [0.4, 0.5) is 27.5 Å². The van der Waals surface area contributed by atoms with Crippen molar-refractivity contribution in [3.05, 3.63) is 47.5 Å². The fourth-order valence-electron chi connectivity index (χ4n) is 7.46. The Morgan fingerprint density at radius 1 is 0.755 bits per heavy atom. The van der Waals surface area contributed by atoms with Gasteiger partial charge in [0.1, 0.15) is 19.5 Å². The number of amides is 5. The Morgan fingerprint density at radius 3 is 1.64 bits per heavy atom. The summed E-state index contributed by atoms with van der Waals surface area (Å²) in [6.45, 7) is 10.5. The number of hydrogen-bond acceptors (Lipinski definition) is 9. The number of carbonyl (C=O) groups excluding carboxylic acids is 5. The fourth-order valence-corrected chi connectivity index (χ4v) is 7.46. The Hall–Kier alpha value is -4.85. The summed E-state index contributed by atoms with van der Waals surface area (Å²) in [6.07, 6.45) is 3.17. The minimum absolute atomic E-state index is 0.00479. The second kappa shape index (κ2) is 16.9. The molecule has 3 fully saturated rings. The normalized spacial score (nSPS) is 23.1. The molecule has 3 heterocycles. The van der Waals surface area contributed by atoms with Gasteiger partial charge in [0.05, 0.1) is 29.9 Å². The van der Waals surface area contributed by atoms with Gasteiger partial charge < -0.3 is 47.3 Å². The van der Waals surface area contributed by atoms with Crippen LogP contribution in [0.1, 0.15) is 96.4 Å². The smallest absolute Gasteiger partial charge is 0.407 e. The van der Waals surface area contributed by atoms with Gasteiger partial charge in [0, 0.05) is 31.1 Å². The van der Waals surface area contributed by atoms with Crippen molar-refractivity contribution in [3.63, 3.8) is 0 Å². The summed E-state index contributed by atoms with van der Waals surface area (Å²) in [7, 11) is 1.23. The van der Waals surface area contributed by atoms with Crippen molar-refractivity contribution < 1.29 is 30.1 Å². The number of ether oxygens (including phenoxy) is 1. The average molecular weight is 734 g/mol. The van der Waals surface area contributed by atoms with Crippen molar-refractivity contribution in [3.8, 4) is 0 Å². The van der Waals surface area contributed by atoms with Crippen LogP contribution in [0.25, 0.3) is 0 Å². The summed E-state index contributed by atoms with van der Waals surface area (Å²) < 4.78 is 13.7. The molecule has 0 spiro atoms. The number of benzene rings is 2. The molecule has 288 valence electrons. The maximum Gasteiger partial charge on any atom is 0.407 e. The molecule has 6 unspecified atom stereocenters. The lowest BCUT2D eigenvalue weighted by Crippen LogP contribution is -2.54. The standard InChI is InChI=1S/C39H56N8O6/c1-21(2)23(5)37(50)46-17-7-9-32(46)35(48)43-30-13-11-24(19-26(30)40)28-15-16-29(42-28)25-12-14-31(27(41)20-25)44-36(49)33-10-8-18-47(33)38(51)34(22(3)4)45-39(52)53-6/h11-14,19-23,28-29,32-34,42H,7-10,15-18,40-41H2,1-6H3,(H,43,48)(H,44,49)(H,45,52)/i/hD. The molecule has 14 nitrogen and oxygen atoms in total. The van der Waals surface area contributed by atoms with E-state index < -0.39 is 24.2 Å². The van der Waals surface area contributed by atoms with Crippen molar-refractivity contribution in [2.24, 2.45) is 17.8 Å². The second-order valence-corrected chi connectivity index (χ2v) is 15.2. The van der Waals surface area contributed by atoms with E-state index >= 15 is 0 Å². The maximum absolute atomic E-state index is 13.5.